The van der Waals surface area contributed by atoms with Gasteiger partial charge in [-0.05, 0) is 109 Å². The van der Waals surface area contributed by atoms with E-state index in [1.54, 1.807) is 0 Å². The van der Waals surface area contributed by atoms with Crippen LogP contribution < -0.4 is 0 Å². The van der Waals surface area contributed by atoms with Crippen molar-refractivity contribution in [2.75, 3.05) is 0 Å². The van der Waals surface area contributed by atoms with Gasteiger partial charge >= 0.3 is 0 Å². The lowest BCUT2D eigenvalue weighted by Crippen LogP contribution is -2.23. The van der Waals surface area contributed by atoms with E-state index in [-0.39, 0.29) is 0 Å². The summed E-state index contributed by atoms with van der Waals surface area (Å²) in [6, 6.07) is 29.0. The van der Waals surface area contributed by atoms with Crippen LogP contribution in [0.2, 0.25) is 0 Å². The van der Waals surface area contributed by atoms with Crippen LogP contribution in [0, 0.1) is 24.2 Å². The highest BCUT2D eigenvalue weighted by Crippen LogP contribution is 2.44. The highest BCUT2D eigenvalue weighted by molar-refractivity contribution is 5.49. The van der Waals surface area contributed by atoms with Crippen LogP contribution in [0.1, 0.15) is 91.5 Å². The van der Waals surface area contributed by atoms with E-state index in [4.69, 9.17) is 13.0 Å². The highest BCUT2D eigenvalue weighted by Gasteiger charge is 2.30. The Bertz CT molecular complexity index is 1430. The monoisotopic (exact) mass is 550 g/mol. The van der Waals surface area contributed by atoms with Gasteiger partial charge in [-0.3, -0.25) is 0 Å². The molecular weight excluding hydrogens is 504 g/mol. The average molecular weight is 551 g/mol. The predicted molar refractivity (Wildman–Crippen MR) is 181 cm³/mol. The summed E-state index contributed by atoms with van der Waals surface area (Å²) in [6.07, 6.45) is 23.1. The molecule has 3 aromatic rings. The molecule has 0 nitrogen and oxygen atoms in total. The van der Waals surface area contributed by atoms with Gasteiger partial charge in [-0.25, -0.2) is 0 Å². The lowest BCUT2D eigenvalue weighted by atomic mass is 9.69. The van der Waals surface area contributed by atoms with Crippen molar-refractivity contribution >= 4 is 0 Å². The van der Waals surface area contributed by atoms with Crippen molar-refractivity contribution in [1.82, 2.24) is 0 Å². The Hall–Kier alpha value is -3.82. The molecule has 2 atom stereocenters. The van der Waals surface area contributed by atoms with Crippen LogP contribution in [-0.4, -0.2) is 0 Å². The number of aryl methyl sites for hydroxylation is 1. The number of hydrogen-bond donors (Lipinski definition) is 0. The third-order valence-corrected chi connectivity index (χ3v) is 9.51. The smallest absolute Gasteiger partial charge is 0.0242 e. The Balaban J connectivity index is 1.28. The zero-order chi connectivity index (χ0) is 29.3. The summed E-state index contributed by atoms with van der Waals surface area (Å²) < 4.78 is 0. The van der Waals surface area contributed by atoms with Crippen molar-refractivity contribution in [3.8, 4) is 12.3 Å². The predicted octanol–water partition coefficient (Wildman–Crippen LogP) is 10.9. The minimum atomic E-state index is 0.340. The molecule has 5 rings (SSSR count). The molecule has 2 aliphatic rings. The maximum atomic E-state index is 5.56. The number of rotatable bonds is 12. The van der Waals surface area contributed by atoms with E-state index in [0.29, 0.717) is 17.8 Å². The molecule has 0 aliphatic heterocycles. The summed E-state index contributed by atoms with van der Waals surface area (Å²) >= 11 is 0. The molecule has 1 fully saturated rings. The Morgan fingerprint density at radius 1 is 0.857 bits per heavy atom. The average Bonchev–Trinajstić information content (AvgIpc) is 3.53. The molecule has 0 saturated heterocycles. The Morgan fingerprint density at radius 3 is 2.24 bits per heavy atom. The van der Waals surface area contributed by atoms with Gasteiger partial charge in [0.15, 0.2) is 0 Å². The summed E-state index contributed by atoms with van der Waals surface area (Å²) in [5.74, 6) is 4.88. The molecule has 42 heavy (non-hydrogen) atoms. The lowest BCUT2D eigenvalue weighted by molar-refractivity contribution is 0.252. The van der Waals surface area contributed by atoms with Crippen molar-refractivity contribution in [3.63, 3.8) is 0 Å². The molecule has 0 bridgehead atoms. The first-order valence-electron chi connectivity index (χ1n) is 16.0. The van der Waals surface area contributed by atoms with Gasteiger partial charge < -0.3 is 0 Å². The Morgan fingerprint density at radius 2 is 1.57 bits per heavy atom. The van der Waals surface area contributed by atoms with Gasteiger partial charge in [0.1, 0.15) is 0 Å². The Kier molecular flexibility index (Phi) is 10.2. The molecule has 0 heterocycles. The first-order valence-corrected chi connectivity index (χ1v) is 16.0. The van der Waals surface area contributed by atoms with E-state index in [2.05, 4.69) is 117 Å². The SMILES string of the molecule is C#Cc1ccc(CC2CCC(C(C(=C)CCc3ccccc3)c3ccc(C4C=CC(C(=C)CCC)=C4)cc3)CC2)cc1. The highest BCUT2D eigenvalue weighted by atomic mass is 14.3. The molecular formula is C42H46. The van der Waals surface area contributed by atoms with E-state index in [1.165, 1.54) is 64.7 Å². The van der Waals surface area contributed by atoms with E-state index in [9.17, 15) is 0 Å². The fraction of sp³-hybridized carbons (Fsp3) is 0.333. The first kappa shape index (κ1) is 29.7. The molecule has 1 saturated carbocycles. The van der Waals surface area contributed by atoms with Crippen LogP contribution in [0.5, 0.6) is 0 Å². The number of terminal acetylenes is 1. The van der Waals surface area contributed by atoms with Crippen molar-refractivity contribution in [2.24, 2.45) is 11.8 Å². The van der Waals surface area contributed by atoms with Gasteiger partial charge in [-0.15, -0.1) is 6.42 Å². The van der Waals surface area contributed by atoms with Crippen molar-refractivity contribution in [1.29, 1.82) is 0 Å². The van der Waals surface area contributed by atoms with Crippen molar-refractivity contribution in [3.05, 3.63) is 155 Å². The second-order valence-corrected chi connectivity index (χ2v) is 12.5. The molecule has 0 heteroatoms. The van der Waals surface area contributed by atoms with Gasteiger partial charge in [0.05, 0.1) is 0 Å². The number of benzene rings is 3. The summed E-state index contributed by atoms with van der Waals surface area (Å²) in [5.41, 5.74) is 10.5. The molecule has 0 radical (unpaired) electrons. The van der Waals surface area contributed by atoms with Gasteiger partial charge in [-0.2, -0.15) is 0 Å². The van der Waals surface area contributed by atoms with Gasteiger partial charge in [-0.1, -0.05) is 123 Å². The fourth-order valence-corrected chi connectivity index (χ4v) is 7.07. The zero-order valence-corrected chi connectivity index (χ0v) is 25.4. The second kappa shape index (κ2) is 14.4. The van der Waals surface area contributed by atoms with Crippen LogP contribution in [0.15, 0.2) is 127 Å². The van der Waals surface area contributed by atoms with E-state index in [0.717, 1.165) is 43.6 Å². The molecule has 0 amide bonds. The van der Waals surface area contributed by atoms with Crippen molar-refractivity contribution in [2.45, 2.75) is 76.5 Å². The van der Waals surface area contributed by atoms with Gasteiger partial charge in [0, 0.05) is 17.4 Å². The lowest BCUT2D eigenvalue weighted by Gasteiger charge is -2.36. The molecule has 0 spiro atoms. The van der Waals surface area contributed by atoms with Crippen LogP contribution in [-0.2, 0) is 12.8 Å². The summed E-state index contributed by atoms with van der Waals surface area (Å²) in [7, 11) is 0. The number of allylic oxidation sites excluding steroid dienone is 6. The van der Waals surface area contributed by atoms with E-state index >= 15 is 0 Å². The second-order valence-electron chi connectivity index (χ2n) is 12.5. The largest absolute Gasteiger partial charge is 0.115 e. The topological polar surface area (TPSA) is 0 Å². The summed E-state index contributed by atoms with van der Waals surface area (Å²) in [6.45, 7) is 11.2. The normalized spacial score (nSPS) is 20.5. The zero-order valence-electron chi connectivity index (χ0n) is 25.4. The van der Waals surface area contributed by atoms with Crippen LogP contribution in [0.4, 0.5) is 0 Å². The fourth-order valence-electron chi connectivity index (χ4n) is 7.07. The molecule has 2 aliphatic carbocycles. The quantitative estimate of drug-likeness (QED) is 0.155. The van der Waals surface area contributed by atoms with Crippen LogP contribution in [0.25, 0.3) is 0 Å². The van der Waals surface area contributed by atoms with E-state index < -0.39 is 0 Å². The third-order valence-electron chi connectivity index (χ3n) is 9.51. The minimum Gasteiger partial charge on any atom is -0.115 e. The summed E-state index contributed by atoms with van der Waals surface area (Å²) in [5, 5.41) is 0. The first-order chi connectivity index (χ1) is 20.5. The standard InChI is InChI=1S/C42H46/c1-5-10-31(3)40-27-28-41(30-40)37-23-25-39(26-24-37)42(32(4)13-14-34-11-8-7-9-12-34)38-21-19-36(20-22-38)29-35-17-15-33(6-2)16-18-35/h2,7-9,11-12,15-18,23-28,30,36,38,41-42H,3-5,10,13-14,19-22,29H2,1H3. The molecule has 3 aromatic carbocycles. The molecule has 2 unspecified atom stereocenters. The van der Waals surface area contributed by atoms with Gasteiger partial charge in [0.25, 0.3) is 0 Å². The Labute approximate surface area is 255 Å². The summed E-state index contributed by atoms with van der Waals surface area (Å²) in [4.78, 5) is 0. The minimum absolute atomic E-state index is 0.340. The number of hydrogen-bond acceptors (Lipinski definition) is 0. The molecule has 0 aromatic heterocycles. The van der Waals surface area contributed by atoms with Crippen molar-refractivity contribution < 1.29 is 0 Å². The van der Waals surface area contributed by atoms with Gasteiger partial charge in [0.2, 0.25) is 0 Å². The van der Waals surface area contributed by atoms with E-state index in [1.807, 2.05) is 0 Å². The maximum Gasteiger partial charge on any atom is 0.0242 e. The maximum absolute atomic E-state index is 5.56. The van der Waals surface area contributed by atoms with Crippen LogP contribution in [0.3, 0.4) is 0 Å². The molecule has 214 valence electrons. The van der Waals surface area contributed by atoms with Crippen LogP contribution >= 0.6 is 0 Å². The third kappa shape index (κ3) is 7.52. The molecule has 0 N–H and O–H groups in total.